The first-order chi connectivity index (χ1) is 10.6. The molecule has 0 N–H and O–H groups in total. The number of hydrogen-bond donors (Lipinski definition) is 0. The van der Waals surface area contributed by atoms with Crippen LogP contribution in [0, 0.1) is 11.3 Å². The third-order valence-electron chi connectivity index (χ3n) is 2.00. The van der Waals surface area contributed by atoms with Gasteiger partial charge in [0.2, 0.25) is 0 Å². The van der Waals surface area contributed by atoms with Gasteiger partial charge in [-0.3, -0.25) is 0 Å². The van der Waals surface area contributed by atoms with E-state index >= 15 is 0 Å². The molecule has 9 heteroatoms. The van der Waals surface area contributed by atoms with Gasteiger partial charge in [0.05, 0.1) is 18.2 Å². The molecule has 2 aromatic heterocycles. The van der Waals surface area contributed by atoms with Gasteiger partial charge in [0, 0.05) is 12.4 Å². The minimum Gasteiger partial charge on any atom is -0.857 e. The van der Waals surface area contributed by atoms with Crippen molar-refractivity contribution in [1.82, 2.24) is 9.97 Å². The topological polar surface area (TPSA) is 98.9 Å². The van der Waals surface area contributed by atoms with Crippen molar-refractivity contribution in [3.63, 3.8) is 0 Å². The molecule has 2 heterocycles. The fraction of sp³-hybridized carbons (Fsp3) is 0.143. The molecule has 0 saturated carbocycles. The fourth-order valence-electron chi connectivity index (χ4n) is 1.06. The van der Waals surface area contributed by atoms with E-state index in [2.05, 4.69) is 14.7 Å². The second-order valence-electron chi connectivity index (χ2n) is 3.34. The fourth-order valence-corrected chi connectivity index (χ4v) is 1.28. The summed E-state index contributed by atoms with van der Waals surface area (Å²) >= 11 is 10.9. The molecule has 0 amide bonds. The van der Waals surface area contributed by atoms with E-state index in [1.165, 1.54) is 25.6 Å². The van der Waals surface area contributed by atoms with E-state index in [9.17, 15) is 4.79 Å². The van der Waals surface area contributed by atoms with Crippen molar-refractivity contribution >= 4 is 29.2 Å². The van der Waals surface area contributed by atoms with Gasteiger partial charge in [-0.1, -0.05) is 23.2 Å². The summed E-state index contributed by atoms with van der Waals surface area (Å²) in [5.41, 5.74) is 0.927. The van der Waals surface area contributed by atoms with Crippen molar-refractivity contribution in [2.45, 2.75) is 0 Å². The quantitative estimate of drug-likeness (QED) is 0.370. The summed E-state index contributed by atoms with van der Waals surface area (Å²) in [6.07, 6.45) is 2.80. The van der Waals surface area contributed by atoms with Crippen molar-refractivity contribution in [3.05, 3.63) is 58.1 Å². The Morgan fingerprint density at radius 2 is 1.65 bits per heavy atom. The van der Waals surface area contributed by atoms with Crippen LogP contribution < -0.4 is 34.7 Å². The average molecular weight is 364 g/mol. The van der Waals surface area contributed by atoms with E-state index in [0.717, 1.165) is 7.11 Å². The van der Waals surface area contributed by atoms with Gasteiger partial charge >= 0.3 is 35.5 Å². The third-order valence-corrected chi connectivity index (χ3v) is 2.45. The first kappa shape index (κ1) is 24.1. The summed E-state index contributed by atoms with van der Waals surface area (Å²) in [6, 6.07) is 8.23. The summed E-state index contributed by atoms with van der Waals surface area (Å²) < 4.78 is 4.45. The van der Waals surface area contributed by atoms with Gasteiger partial charge in [-0.2, -0.15) is 12.4 Å². The van der Waals surface area contributed by atoms with Crippen LogP contribution in [0.25, 0.3) is 0 Å². The second kappa shape index (κ2) is 14.4. The van der Waals surface area contributed by atoms with Crippen molar-refractivity contribution in [2.24, 2.45) is 0 Å². The molecule has 0 spiro atoms. The summed E-state index contributed by atoms with van der Waals surface area (Å²) in [5.74, 6) is -0.408. The number of rotatable bonds is 1. The van der Waals surface area contributed by atoms with Crippen LogP contribution in [0.4, 0.5) is 0 Å². The maximum Gasteiger partial charge on any atom is 1.00 e. The predicted octanol–water partition coefficient (Wildman–Crippen LogP) is -0.891. The summed E-state index contributed by atoms with van der Waals surface area (Å²) in [4.78, 5) is 18.2. The number of nitrogens with zero attached hydrogens (tertiary/aromatic N) is 3. The number of carbonyl (C=O) groups is 1. The van der Waals surface area contributed by atoms with Crippen LogP contribution in [0.5, 0.6) is 0 Å². The largest absolute Gasteiger partial charge is 1.00 e. The van der Waals surface area contributed by atoms with Gasteiger partial charge in [-0.15, -0.1) is 0 Å². The molecule has 116 valence electrons. The minimum atomic E-state index is -0.408. The molecule has 0 unspecified atom stereocenters. The molecular formula is C14H12Cl2N3NaO3. The van der Waals surface area contributed by atoms with E-state index in [-0.39, 0.29) is 29.6 Å². The van der Waals surface area contributed by atoms with Crippen LogP contribution in [-0.4, -0.2) is 30.2 Å². The molecule has 0 aromatic carbocycles. The van der Waals surface area contributed by atoms with Crippen molar-refractivity contribution in [2.75, 3.05) is 14.2 Å². The minimum absolute atomic E-state index is 0. The van der Waals surface area contributed by atoms with Gasteiger partial charge in [0.1, 0.15) is 16.4 Å². The number of ether oxygens (including phenoxy) is 1. The molecule has 2 rings (SSSR count). The normalized spacial score (nSPS) is 8.00. The molecule has 0 radical (unpaired) electrons. The molecule has 23 heavy (non-hydrogen) atoms. The Labute approximate surface area is 166 Å². The standard InChI is InChI=1S/C7H6ClNO2.C6H3ClN2.CH3O.Na/c1-11-7(10)5-2-3-6(8)9-4-5;7-6-2-1-5(3-8)4-9-6;1-2;/h2-4H,1H3;1-2,4H;1H3;/q;;-1;+1. The molecule has 6 nitrogen and oxygen atoms in total. The molecule has 0 atom stereocenters. The number of nitriles is 1. The zero-order valence-corrected chi connectivity index (χ0v) is 16.3. The van der Waals surface area contributed by atoms with E-state index in [1.54, 1.807) is 18.2 Å². The Balaban J connectivity index is 0. The van der Waals surface area contributed by atoms with E-state index in [4.69, 9.17) is 33.6 Å². The number of aromatic nitrogens is 2. The molecule has 0 aliphatic heterocycles. The zero-order valence-electron chi connectivity index (χ0n) is 12.8. The van der Waals surface area contributed by atoms with Crippen molar-refractivity contribution in [3.8, 4) is 6.07 Å². The number of esters is 1. The summed E-state index contributed by atoms with van der Waals surface area (Å²) in [6.45, 7) is 0. The van der Waals surface area contributed by atoms with Crippen LogP contribution in [0.3, 0.4) is 0 Å². The Hall–Kier alpha value is -1.20. The number of halogens is 2. The van der Waals surface area contributed by atoms with Gasteiger partial charge < -0.3 is 9.84 Å². The molecule has 0 aliphatic carbocycles. The Bertz CT molecular complexity index is 617. The Morgan fingerprint density at radius 1 is 1.13 bits per heavy atom. The number of carbonyl (C=O) groups excluding carboxylic acids is 1. The average Bonchev–Trinajstić information content (AvgIpc) is 2.58. The Kier molecular flexibility index (Phi) is 15.1. The number of pyridine rings is 2. The first-order valence-electron chi connectivity index (χ1n) is 5.69. The molecule has 0 fully saturated rings. The van der Waals surface area contributed by atoms with E-state index in [0.29, 0.717) is 21.4 Å². The van der Waals surface area contributed by atoms with Crippen molar-refractivity contribution in [1.29, 1.82) is 5.26 Å². The second-order valence-corrected chi connectivity index (χ2v) is 4.12. The van der Waals surface area contributed by atoms with Gasteiger partial charge in [-0.05, 0) is 24.3 Å². The molecule has 2 aromatic rings. The number of hydrogen-bond acceptors (Lipinski definition) is 6. The van der Waals surface area contributed by atoms with Crippen LogP contribution in [0.15, 0.2) is 36.7 Å². The molecular weight excluding hydrogens is 352 g/mol. The molecule has 0 saturated heterocycles. The van der Waals surface area contributed by atoms with Crippen molar-refractivity contribution < 1.29 is 44.2 Å². The van der Waals surface area contributed by atoms with Gasteiger partial charge in [-0.25, -0.2) is 14.8 Å². The Morgan fingerprint density at radius 3 is 2.00 bits per heavy atom. The predicted molar refractivity (Wildman–Crippen MR) is 80.5 cm³/mol. The van der Waals surface area contributed by atoms with E-state index in [1.807, 2.05) is 6.07 Å². The molecule has 0 aliphatic rings. The monoisotopic (exact) mass is 363 g/mol. The maximum atomic E-state index is 10.8. The van der Waals surface area contributed by atoms with Gasteiger partial charge in [0.25, 0.3) is 0 Å². The summed E-state index contributed by atoms with van der Waals surface area (Å²) in [7, 11) is 2.07. The van der Waals surface area contributed by atoms with Crippen LogP contribution in [0.1, 0.15) is 15.9 Å². The smallest absolute Gasteiger partial charge is 0.857 e. The third kappa shape index (κ3) is 10.2. The first-order valence-corrected chi connectivity index (χ1v) is 6.44. The zero-order chi connectivity index (χ0) is 17.0. The van der Waals surface area contributed by atoms with Crippen LogP contribution >= 0.6 is 23.2 Å². The SMILES string of the molecule is COC(=O)c1ccc(Cl)nc1.C[O-].N#Cc1ccc(Cl)nc1.[Na+]. The van der Waals surface area contributed by atoms with Gasteiger partial charge in [0.15, 0.2) is 0 Å². The number of methoxy groups -OCH3 is 1. The molecule has 0 bridgehead atoms. The van der Waals surface area contributed by atoms with Crippen LogP contribution in [0.2, 0.25) is 10.3 Å². The summed E-state index contributed by atoms with van der Waals surface area (Å²) in [5, 5.41) is 17.3. The maximum absolute atomic E-state index is 10.8. The van der Waals surface area contributed by atoms with E-state index < -0.39 is 5.97 Å². The van der Waals surface area contributed by atoms with Crippen LogP contribution in [-0.2, 0) is 4.74 Å².